The van der Waals surface area contributed by atoms with Gasteiger partial charge in [-0.3, -0.25) is 9.69 Å². The third-order valence-corrected chi connectivity index (χ3v) is 5.10. The summed E-state index contributed by atoms with van der Waals surface area (Å²) < 4.78 is 0. The van der Waals surface area contributed by atoms with Gasteiger partial charge in [-0.05, 0) is 56.3 Å². The van der Waals surface area contributed by atoms with Crippen LogP contribution in [0.2, 0.25) is 5.02 Å². The van der Waals surface area contributed by atoms with Crippen molar-refractivity contribution in [2.75, 3.05) is 18.4 Å². The summed E-state index contributed by atoms with van der Waals surface area (Å²) in [5.41, 5.74) is 2.82. The van der Waals surface area contributed by atoms with E-state index in [2.05, 4.69) is 20.2 Å². The smallest absolute Gasteiger partial charge is 0.227 e. The van der Waals surface area contributed by atoms with Crippen molar-refractivity contribution >= 4 is 34.2 Å². The first kappa shape index (κ1) is 17.1. The van der Waals surface area contributed by atoms with Crippen LogP contribution in [0.1, 0.15) is 18.7 Å². The Hall–Kier alpha value is -2.37. The number of carbonyl (C=O) groups is 1. The molecule has 4 rings (SSSR count). The molecule has 2 heterocycles. The van der Waals surface area contributed by atoms with E-state index in [0.29, 0.717) is 5.02 Å². The molecule has 0 spiro atoms. The number of benzene rings is 2. The van der Waals surface area contributed by atoms with Crippen molar-refractivity contribution in [3.8, 4) is 0 Å². The molecule has 5 nitrogen and oxygen atoms in total. The minimum Gasteiger partial charge on any atom is -0.341 e. The summed E-state index contributed by atoms with van der Waals surface area (Å²) in [6.07, 6.45) is 1.71. The number of nitrogens with zero attached hydrogens (tertiary/aromatic N) is 2. The van der Waals surface area contributed by atoms with Gasteiger partial charge >= 0.3 is 0 Å². The standard InChI is InChI=1S/C20H21ClN4O/c21-15-4-3-5-16(12-15)22-20(26)14-8-10-25(11-9-14)13-19-23-17-6-1-2-7-18(17)24-19/h1-7,12,14H,8-11,13H2,(H,22,26)(H,23,24). The molecule has 2 aromatic carbocycles. The number of aromatic nitrogens is 2. The van der Waals surface area contributed by atoms with Gasteiger partial charge in [-0.25, -0.2) is 4.98 Å². The van der Waals surface area contributed by atoms with Gasteiger partial charge in [0.1, 0.15) is 5.82 Å². The van der Waals surface area contributed by atoms with Gasteiger partial charge in [0.15, 0.2) is 0 Å². The third-order valence-electron chi connectivity index (χ3n) is 4.86. The number of piperidine rings is 1. The average molecular weight is 369 g/mol. The van der Waals surface area contributed by atoms with Crippen LogP contribution in [0.25, 0.3) is 11.0 Å². The predicted molar refractivity (Wildman–Crippen MR) is 104 cm³/mol. The zero-order chi connectivity index (χ0) is 17.9. The molecule has 0 saturated carbocycles. The molecule has 1 aromatic heterocycles. The number of hydrogen-bond acceptors (Lipinski definition) is 3. The van der Waals surface area contributed by atoms with Gasteiger partial charge in [0.25, 0.3) is 0 Å². The van der Waals surface area contributed by atoms with Crippen molar-refractivity contribution < 1.29 is 4.79 Å². The van der Waals surface area contributed by atoms with Crippen LogP contribution in [0.4, 0.5) is 5.69 Å². The number of para-hydroxylation sites is 2. The Morgan fingerprint density at radius 3 is 2.77 bits per heavy atom. The average Bonchev–Trinajstić information content (AvgIpc) is 3.04. The Balaban J connectivity index is 1.31. The molecule has 1 fully saturated rings. The minimum atomic E-state index is 0.0425. The van der Waals surface area contributed by atoms with Gasteiger partial charge in [0, 0.05) is 16.6 Å². The molecule has 134 valence electrons. The lowest BCUT2D eigenvalue weighted by Gasteiger charge is -2.30. The fraction of sp³-hybridized carbons (Fsp3) is 0.300. The lowest BCUT2D eigenvalue weighted by atomic mass is 9.96. The maximum absolute atomic E-state index is 12.5. The molecule has 0 bridgehead atoms. The van der Waals surface area contributed by atoms with Crippen LogP contribution in [0, 0.1) is 5.92 Å². The van der Waals surface area contributed by atoms with E-state index in [9.17, 15) is 4.79 Å². The highest BCUT2D eigenvalue weighted by Crippen LogP contribution is 2.22. The molecule has 6 heteroatoms. The van der Waals surface area contributed by atoms with E-state index in [1.165, 1.54) is 0 Å². The van der Waals surface area contributed by atoms with Gasteiger partial charge in [0.2, 0.25) is 5.91 Å². The molecule has 3 aromatic rings. The topological polar surface area (TPSA) is 61.0 Å². The fourth-order valence-corrected chi connectivity index (χ4v) is 3.65. The second-order valence-corrected chi connectivity index (χ2v) is 7.19. The number of fused-ring (bicyclic) bond motifs is 1. The molecule has 1 aliphatic heterocycles. The zero-order valence-electron chi connectivity index (χ0n) is 14.4. The normalized spacial score (nSPS) is 16.0. The second-order valence-electron chi connectivity index (χ2n) is 6.75. The van der Waals surface area contributed by atoms with Crippen LogP contribution >= 0.6 is 11.6 Å². The number of nitrogens with one attached hydrogen (secondary N) is 2. The first-order chi connectivity index (χ1) is 12.7. The van der Waals surface area contributed by atoms with Crippen molar-refractivity contribution in [3.05, 3.63) is 59.4 Å². The fourth-order valence-electron chi connectivity index (χ4n) is 3.46. The molecule has 0 aliphatic carbocycles. The van der Waals surface area contributed by atoms with E-state index in [4.69, 9.17) is 11.6 Å². The number of H-pyrrole nitrogens is 1. The van der Waals surface area contributed by atoms with Crippen molar-refractivity contribution in [3.63, 3.8) is 0 Å². The summed E-state index contributed by atoms with van der Waals surface area (Å²) in [4.78, 5) is 22.8. The summed E-state index contributed by atoms with van der Waals surface area (Å²) >= 11 is 5.97. The van der Waals surface area contributed by atoms with Gasteiger partial charge in [-0.2, -0.15) is 0 Å². The highest BCUT2D eigenvalue weighted by atomic mass is 35.5. The number of hydrogen-bond donors (Lipinski definition) is 2. The number of carbonyl (C=O) groups excluding carboxylic acids is 1. The monoisotopic (exact) mass is 368 g/mol. The van der Waals surface area contributed by atoms with E-state index >= 15 is 0 Å². The summed E-state index contributed by atoms with van der Waals surface area (Å²) in [6.45, 7) is 2.58. The highest BCUT2D eigenvalue weighted by molar-refractivity contribution is 6.30. The Bertz CT molecular complexity index is 882. The lowest BCUT2D eigenvalue weighted by molar-refractivity contribution is -0.121. The van der Waals surface area contributed by atoms with E-state index in [1.54, 1.807) is 12.1 Å². The van der Waals surface area contributed by atoms with Crippen molar-refractivity contribution in [1.29, 1.82) is 0 Å². The molecular formula is C20H21ClN4O. The van der Waals surface area contributed by atoms with Gasteiger partial charge < -0.3 is 10.3 Å². The summed E-state index contributed by atoms with van der Waals surface area (Å²) in [7, 11) is 0. The van der Waals surface area contributed by atoms with E-state index < -0.39 is 0 Å². The quantitative estimate of drug-likeness (QED) is 0.729. The molecule has 2 N–H and O–H groups in total. The SMILES string of the molecule is O=C(Nc1cccc(Cl)c1)C1CCN(Cc2nc3ccccc3[nH]2)CC1. The number of rotatable bonds is 4. The van der Waals surface area contributed by atoms with Crippen LogP contribution in [-0.4, -0.2) is 33.9 Å². The van der Waals surface area contributed by atoms with Crippen LogP contribution < -0.4 is 5.32 Å². The van der Waals surface area contributed by atoms with Gasteiger partial charge in [0.05, 0.1) is 17.6 Å². The minimum absolute atomic E-state index is 0.0425. The van der Waals surface area contributed by atoms with Crippen molar-refractivity contribution in [1.82, 2.24) is 14.9 Å². The summed E-state index contributed by atoms with van der Waals surface area (Å²) in [5, 5.41) is 3.60. The summed E-state index contributed by atoms with van der Waals surface area (Å²) in [5.74, 6) is 1.10. The number of aromatic amines is 1. The lowest BCUT2D eigenvalue weighted by Crippen LogP contribution is -2.38. The predicted octanol–water partition coefficient (Wildman–Crippen LogP) is 4.07. The number of likely N-dealkylation sites (tertiary alicyclic amines) is 1. The molecule has 1 amide bonds. The Labute approximate surface area is 157 Å². The van der Waals surface area contributed by atoms with E-state index in [1.807, 2.05) is 36.4 Å². The summed E-state index contributed by atoms with van der Waals surface area (Å²) in [6, 6.07) is 15.3. The third kappa shape index (κ3) is 3.89. The number of imidazole rings is 1. The largest absolute Gasteiger partial charge is 0.341 e. The number of halogens is 1. The van der Waals surface area contributed by atoms with Crippen LogP contribution in [0.5, 0.6) is 0 Å². The second kappa shape index (κ2) is 7.48. The molecule has 1 aliphatic rings. The highest BCUT2D eigenvalue weighted by Gasteiger charge is 2.25. The first-order valence-electron chi connectivity index (χ1n) is 8.90. The molecule has 1 saturated heterocycles. The van der Waals surface area contributed by atoms with Crippen molar-refractivity contribution in [2.24, 2.45) is 5.92 Å². The first-order valence-corrected chi connectivity index (χ1v) is 9.27. The zero-order valence-corrected chi connectivity index (χ0v) is 15.2. The Morgan fingerprint density at radius 1 is 1.19 bits per heavy atom. The molecule has 0 atom stereocenters. The maximum atomic E-state index is 12.5. The van der Waals surface area contributed by atoms with Crippen molar-refractivity contribution in [2.45, 2.75) is 19.4 Å². The molecular weight excluding hydrogens is 348 g/mol. The van der Waals surface area contributed by atoms with Crippen LogP contribution in [0.3, 0.4) is 0 Å². The van der Waals surface area contributed by atoms with E-state index in [0.717, 1.165) is 55.0 Å². The molecule has 0 unspecified atom stereocenters. The maximum Gasteiger partial charge on any atom is 0.227 e. The van der Waals surface area contributed by atoms with E-state index in [-0.39, 0.29) is 11.8 Å². The number of amides is 1. The number of anilines is 1. The molecule has 26 heavy (non-hydrogen) atoms. The van der Waals surface area contributed by atoms with Crippen LogP contribution in [0.15, 0.2) is 48.5 Å². The Morgan fingerprint density at radius 2 is 2.00 bits per heavy atom. The van der Waals surface area contributed by atoms with Crippen LogP contribution in [-0.2, 0) is 11.3 Å². The van der Waals surface area contributed by atoms with Gasteiger partial charge in [-0.15, -0.1) is 0 Å². The molecule has 0 radical (unpaired) electrons. The Kier molecular flexibility index (Phi) is 4.91. The van der Waals surface area contributed by atoms with Gasteiger partial charge in [-0.1, -0.05) is 29.8 Å².